The third-order valence-corrected chi connectivity index (χ3v) is 4.92. The molecule has 2 saturated heterocycles. The number of anilines is 1. The number of hydrogen-bond donors (Lipinski definition) is 0. The Morgan fingerprint density at radius 2 is 1.44 bits per heavy atom. The summed E-state index contributed by atoms with van der Waals surface area (Å²) in [5.41, 5.74) is 1.38. The molecule has 1 aromatic carbocycles. The van der Waals surface area contributed by atoms with Crippen molar-refractivity contribution in [2.75, 3.05) is 44.2 Å². The van der Waals surface area contributed by atoms with Gasteiger partial charge in [-0.3, -0.25) is 0 Å². The quantitative estimate of drug-likeness (QED) is 0.619. The second-order valence-corrected chi connectivity index (χ2v) is 6.32. The molecular weight excluding hydrogens is 356 g/mol. The SMILES string of the molecule is Brc1ccc(N2CC[N+]3(CCCC3)CC2)cc1.[Br-]. The second-order valence-electron chi connectivity index (χ2n) is 5.41. The van der Waals surface area contributed by atoms with E-state index >= 15 is 0 Å². The number of hydrogen-bond acceptors (Lipinski definition) is 1. The zero-order chi connectivity index (χ0) is 11.7. The average molecular weight is 376 g/mol. The summed E-state index contributed by atoms with van der Waals surface area (Å²) in [5.74, 6) is 0. The first-order chi connectivity index (χ1) is 8.27. The van der Waals surface area contributed by atoms with E-state index in [-0.39, 0.29) is 17.0 Å². The van der Waals surface area contributed by atoms with Gasteiger partial charge in [-0.05, 0) is 24.3 Å². The van der Waals surface area contributed by atoms with E-state index in [1.54, 1.807) is 0 Å². The van der Waals surface area contributed by atoms with E-state index in [1.165, 1.54) is 66.8 Å². The molecule has 0 saturated carbocycles. The molecule has 4 heteroatoms. The molecule has 18 heavy (non-hydrogen) atoms. The fourth-order valence-corrected chi connectivity index (χ4v) is 3.52. The summed E-state index contributed by atoms with van der Waals surface area (Å²) in [5, 5.41) is 0. The Bertz CT molecular complexity index is 375. The maximum atomic E-state index is 3.50. The Morgan fingerprint density at radius 1 is 0.889 bits per heavy atom. The van der Waals surface area contributed by atoms with Gasteiger partial charge in [0.05, 0.1) is 39.3 Å². The molecule has 0 N–H and O–H groups in total. The molecule has 0 radical (unpaired) electrons. The highest BCUT2D eigenvalue weighted by Crippen LogP contribution is 2.25. The van der Waals surface area contributed by atoms with E-state index in [4.69, 9.17) is 0 Å². The summed E-state index contributed by atoms with van der Waals surface area (Å²) in [4.78, 5) is 2.54. The summed E-state index contributed by atoms with van der Waals surface area (Å²) in [6.07, 6.45) is 2.89. The predicted molar refractivity (Wildman–Crippen MR) is 75.3 cm³/mol. The monoisotopic (exact) mass is 374 g/mol. The van der Waals surface area contributed by atoms with Crippen LogP contribution < -0.4 is 21.9 Å². The van der Waals surface area contributed by atoms with Crippen LogP contribution in [-0.4, -0.2) is 43.8 Å². The lowest BCUT2D eigenvalue weighted by atomic mass is 10.2. The van der Waals surface area contributed by atoms with Gasteiger partial charge in [-0.1, -0.05) is 15.9 Å². The molecule has 2 aliphatic heterocycles. The molecule has 2 aliphatic rings. The van der Waals surface area contributed by atoms with Crippen LogP contribution in [0.25, 0.3) is 0 Å². The minimum atomic E-state index is 0. The van der Waals surface area contributed by atoms with Crippen molar-refractivity contribution in [2.45, 2.75) is 12.8 Å². The molecule has 1 aromatic rings. The van der Waals surface area contributed by atoms with Crippen LogP contribution in [0.2, 0.25) is 0 Å². The van der Waals surface area contributed by atoms with Crippen molar-refractivity contribution in [2.24, 2.45) is 0 Å². The van der Waals surface area contributed by atoms with Gasteiger partial charge in [-0.2, -0.15) is 0 Å². The summed E-state index contributed by atoms with van der Waals surface area (Å²) < 4.78 is 2.56. The molecule has 0 aliphatic carbocycles. The van der Waals surface area contributed by atoms with Crippen LogP contribution in [-0.2, 0) is 0 Å². The smallest absolute Gasteiger partial charge is 0.0965 e. The van der Waals surface area contributed by atoms with Gasteiger partial charge in [-0.15, -0.1) is 0 Å². The summed E-state index contributed by atoms with van der Waals surface area (Å²) in [7, 11) is 0. The van der Waals surface area contributed by atoms with Gasteiger partial charge in [0.25, 0.3) is 0 Å². The molecule has 3 rings (SSSR count). The molecular formula is C14H20Br2N2. The fourth-order valence-electron chi connectivity index (χ4n) is 3.25. The van der Waals surface area contributed by atoms with E-state index in [1.807, 2.05) is 0 Å². The normalized spacial score (nSPS) is 21.9. The number of benzene rings is 1. The molecule has 0 unspecified atom stereocenters. The molecule has 2 heterocycles. The van der Waals surface area contributed by atoms with Crippen molar-refractivity contribution in [3.05, 3.63) is 28.7 Å². The first-order valence-corrected chi connectivity index (χ1v) is 7.42. The second kappa shape index (κ2) is 5.93. The van der Waals surface area contributed by atoms with Crippen LogP contribution in [0.1, 0.15) is 12.8 Å². The van der Waals surface area contributed by atoms with Gasteiger partial charge in [0, 0.05) is 23.0 Å². The van der Waals surface area contributed by atoms with Gasteiger partial charge >= 0.3 is 0 Å². The minimum absolute atomic E-state index is 0. The lowest BCUT2D eigenvalue weighted by Gasteiger charge is -2.42. The zero-order valence-electron chi connectivity index (χ0n) is 10.6. The highest BCUT2D eigenvalue weighted by molar-refractivity contribution is 9.10. The Balaban J connectivity index is 0.00000120. The zero-order valence-corrected chi connectivity index (χ0v) is 13.8. The molecule has 1 spiro atoms. The minimum Gasteiger partial charge on any atom is -1.00 e. The van der Waals surface area contributed by atoms with Gasteiger partial charge in [0.15, 0.2) is 0 Å². The molecule has 0 atom stereocenters. The van der Waals surface area contributed by atoms with Crippen LogP contribution in [0.5, 0.6) is 0 Å². The van der Waals surface area contributed by atoms with Gasteiger partial charge in [-0.25, -0.2) is 0 Å². The van der Waals surface area contributed by atoms with Crippen LogP contribution in [0.4, 0.5) is 5.69 Å². The van der Waals surface area contributed by atoms with Crippen molar-refractivity contribution < 1.29 is 21.5 Å². The number of piperazine rings is 1. The fraction of sp³-hybridized carbons (Fsp3) is 0.571. The molecule has 0 aromatic heterocycles. The van der Waals surface area contributed by atoms with Gasteiger partial charge in [0.2, 0.25) is 0 Å². The van der Waals surface area contributed by atoms with Crippen LogP contribution in [0, 0.1) is 0 Å². The topological polar surface area (TPSA) is 3.24 Å². The van der Waals surface area contributed by atoms with Crippen molar-refractivity contribution in [3.63, 3.8) is 0 Å². The van der Waals surface area contributed by atoms with Crippen molar-refractivity contribution in [1.82, 2.24) is 0 Å². The third-order valence-electron chi connectivity index (χ3n) is 4.40. The standard InChI is InChI=1S/C14H20BrN2.BrH/c15-13-3-5-14(6-4-13)16-7-11-17(12-8-16)9-1-2-10-17;/h3-6H,1-2,7-12H2;1H/q+1;/p-1. The molecule has 0 bridgehead atoms. The van der Waals surface area contributed by atoms with Crippen LogP contribution in [0.15, 0.2) is 28.7 Å². The average Bonchev–Trinajstić information content (AvgIpc) is 2.80. The molecule has 0 amide bonds. The summed E-state index contributed by atoms with van der Waals surface area (Å²) in [6.45, 7) is 7.98. The third kappa shape index (κ3) is 2.91. The first kappa shape index (κ1) is 14.4. The highest BCUT2D eigenvalue weighted by Gasteiger charge is 2.35. The first-order valence-electron chi connectivity index (χ1n) is 6.63. The lowest BCUT2D eigenvalue weighted by Crippen LogP contribution is -3.00. The van der Waals surface area contributed by atoms with Crippen LogP contribution in [0.3, 0.4) is 0 Å². The molecule has 100 valence electrons. The van der Waals surface area contributed by atoms with E-state index in [2.05, 4.69) is 45.1 Å². The molecule has 2 nitrogen and oxygen atoms in total. The predicted octanol–water partition coefficient (Wildman–Crippen LogP) is -0.116. The lowest BCUT2D eigenvalue weighted by molar-refractivity contribution is -0.917. The van der Waals surface area contributed by atoms with Crippen molar-refractivity contribution in [1.29, 1.82) is 0 Å². The van der Waals surface area contributed by atoms with E-state index < -0.39 is 0 Å². The number of quaternary nitrogens is 1. The van der Waals surface area contributed by atoms with Crippen molar-refractivity contribution >= 4 is 21.6 Å². The largest absolute Gasteiger partial charge is 1.00 e. The van der Waals surface area contributed by atoms with E-state index in [0.29, 0.717) is 0 Å². The maximum Gasteiger partial charge on any atom is 0.0965 e. The maximum absolute atomic E-state index is 3.50. The summed E-state index contributed by atoms with van der Waals surface area (Å²) in [6, 6.07) is 8.74. The summed E-state index contributed by atoms with van der Waals surface area (Å²) >= 11 is 3.50. The van der Waals surface area contributed by atoms with Crippen molar-refractivity contribution in [3.8, 4) is 0 Å². The Hall–Kier alpha value is -0.0600. The van der Waals surface area contributed by atoms with Crippen LogP contribution >= 0.6 is 15.9 Å². The number of rotatable bonds is 1. The Kier molecular flexibility index (Phi) is 4.73. The number of halogens is 2. The highest BCUT2D eigenvalue weighted by atomic mass is 79.9. The molecule has 2 fully saturated rings. The Morgan fingerprint density at radius 3 is 2.00 bits per heavy atom. The van der Waals surface area contributed by atoms with Gasteiger partial charge < -0.3 is 26.4 Å². The Labute approximate surface area is 128 Å². The van der Waals surface area contributed by atoms with E-state index in [9.17, 15) is 0 Å². The van der Waals surface area contributed by atoms with Gasteiger partial charge in [0.1, 0.15) is 0 Å². The number of nitrogens with zero attached hydrogens (tertiary/aromatic N) is 2. The van der Waals surface area contributed by atoms with E-state index in [0.717, 1.165) is 0 Å².